The number of ether oxygens (including phenoxy) is 1. The first kappa shape index (κ1) is 11.0. The van der Waals surface area contributed by atoms with Crippen molar-refractivity contribution in [3.05, 3.63) is 0 Å². The summed E-state index contributed by atoms with van der Waals surface area (Å²) in [6.07, 6.45) is 4.98. The van der Waals surface area contributed by atoms with E-state index in [2.05, 4.69) is 20.8 Å². The molecule has 0 amide bonds. The van der Waals surface area contributed by atoms with Crippen LogP contribution in [-0.2, 0) is 4.74 Å². The van der Waals surface area contributed by atoms with Gasteiger partial charge in [0.25, 0.3) is 0 Å². The van der Waals surface area contributed by atoms with Gasteiger partial charge in [0, 0.05) is 18.1 Å². The van der Waals surface area contributed by atoms with Gasteiger partial charge in [-0.1, -0.05) is 27.2 Å². The summed E-state index contributed by atoms with van der Waals surface area (Å²) in [6, 6.07) is 0.351. The van der Waals surface area contributed by atoms with Crippen LogP contribution in [0.5, 0.6) is 0 Å². The van der Waals surface area contributed by atoms with Crippen molar-refractivity contribution in [2.75, 3.05) is 6.61 Å². The number of rotatable bonds is 5. The molecule has 0 aromatic carbocycles. The molecule has 3 unspecified atom stereocenters. The van der Waals surface area contributed by atoms with Crippen LogP contribution in [0.2, 0.25) is 0 Å². The van der Waals surface area contributed by atoms with Gasteiger partial charge in [-0.2, -0.15) is 0 Å². The van der Waals surface area contributed by atoms with Gasteiger partial charge in [-0.05, 0) is 19.3 Å². The van der Waals surface area contributed by atoms with Gasteiger partial charge in [0.05, 0.1) is 6.10 Å². The molecule has 0 heterocycles. The van der Waals surface area contributed by atoms with Crippen molar-refractivity contribution in [2.45, 2.75) is 58.6 Å². The van der Waals surface area contributed by atoms with Crippen LogP contribution in [0.4, 0.5) is 0 Å². The first-order valence-corrected chi connectivity index (χ1v) is 5.52. The zero-order valence-corrected chi connectivity index (χ0v) is 9.18. The minimum absolute atomic E-state index is 0.244. The molecule has 2 heteroatoms. The average Bonchev–Trinajstić information content (AvgIpc) is 2.15. The summed E-state index contributed by atoms with van der Waals surface area (Å²) in [5.41, 5.74) is 6.23. The molecule has 0 saturated heterocycles. The van der Waals surface area contributed by atoms with E-state index in [9.17, 15) is 0 Å². The van der Waals surface area contributed by atoms with Gasteiger partial charge in [0.15, 0.2) is 0 Å². The number of unbranched alkanes of at least 4 members (excludes halogenated alkanes) is 1. The Morgan fingerprint density at radius 1 is 1.46 bits per heavy atom. The van der Waals surface area contributed by atoms with Crippen molar-refractivity contribution in [1.82, 2.24) is 0 Å². The summed E-state index contributed by atoms with van der Waals surface area (Å²) in [5.74, 6) is 0. The molecule has 0 radical (unpaired) electrons. The van der Waals surface area contributed by atoms with E-state index < -0.39 is 0 Å². The average molecular weight is 185 g/mol. The van der Waals surface area contributed by atoms with E-state index >= 15 is 0 Å². The molecule has 13 heavy (non-hydrogen) atoms. The number of nitrogens with two attached hydrogens (primary N) is 1. The van der Waals surface area contributed by atoms with Crippen LogP contribution in [0.1, 0.15) is 46.5 Å². The van der Waals surface area contributed by atoms with Crippen LogP contribution in [0, 0.1) is 5.41 Å². The van der Waals surface area contributed by atoms with Crippen LogP contribution in [0.15, 0.2) is 0 Å². The summed E-state index contributed by atoms with van der Waals surface area (Å²) >= 11 is 0. The van der Waals surface area contributed by atoms with Crippen LogP contribution in [0.3, 0.4) is 0 Å². The molecule has 2 N–H and O–H groups in total. The SMILES string of the molecule is CCCCOC1CC(N)C1(C)CC. The van der Waals surface area contributed by atoms with E-state index in [0.717, 1.165) is 19.4 Å². The van der Waals surface area contributed by atoms with Crippen LogP contribution < -0.4 is 5.73 Å². The Bertz CT molecular complexity index is 160. The minimum atomic E-state index is 0.244. The Kier molecular flexibility index (Phi) is 3.74. The molecule has 0 aromatic rings. The third kappa shape index (κ3) is 2.05. The third-order valence-corrected chi connectivity index (χ3v) is 3.63. The maximum absolute atomic E-state index is 5.98. The maximum atomic E-state index is 5.98. The fraction of sp³-hybridized carbons (Fsp3) is 1.00. The first-order chi connectivity index (χ1) is 6.15. The summed E-state index contributed by atoms with van der Waals surface area (Å²) in [5, 5.41) is 0. The predicted octanol–water partition coefficient (Wildman–Crippen LogP) is 2.32. The van der Waals surface area contributed by atoms with Crippen molar-refractivity contribution in [2.24, 2.45) is 11.1 Å². The highest BCUT2D eigenvalue weighted by molar-refractivity contribution is 5.02. The van der Waals surface area contributed by atoms with Gasteiger partial charge < -0.3 is 10.5 Å². The monoisotopic (exact) mass is 185 g/mol. The molecule has 1 rings (SSSR count). The summed E-state index contributed by atoms with van der Waals surface area (Å²) < 4.78 is 5.82. The van der Waals surface area contributed by atoms with Gasteiger partial charge >= 0.3 is 0 Å². The summed E-state index contributed by atoms with van der Waals surface area (Å²) in [4.78, 5) is 0. The highest BCUT2D eigenvalue weighted by Crippen LogP contribution is 2.44. The quantitative estimate of drug-likeness (QED) is 0.667. The first-order valence-electron chi connectivity index (χ1n) is 5.52. The van der Waals surface area contributed by atoms with Crippen molar-refractivity contribution in [1.29, 1.82) is 0 Å². The maximum Gasteiger partial charge on any atom is 0.0658 e. The Hall–Kier alpha value is -0.0800. The highest BCUT2D eigenvalue weighted by Gasteiger charge is 2.48. The van der Waals surface area contributed by atoms with Crippen molar-refractivity contribution in [3.63, 3.8) is 0 Å². The Labute approximate surface area is 81.8 Å². The molecule has 1 aliphatic rings. The Balaban J connectivity index is 2.28. The van der Waals surface area contributed by atoms with E-state index in [-0.39, 0.29) is 5.41 Å². The molecular weight excluding hydrogens is 162 g/mol. The zero-order valence-electron chi connectivity index (χ0n) is 9.18. The molecule has 78 valence electrons. The molecule has 1 saturated carbocycles. The predicted molar refractivity (Wildman–Crippen MR) is 55.6 cm³/mol. The third-order valence-electron chi connectivity index (χ3n) is 3.63. The van der Waals surface area contributed by atoms with Gasteiger partial charge in [-0.25, -0.2) is 0 Å². The fourth-order valence-electron chi connectivity index (χ4n) is 1.97. The van der Waals surface area contributed by atoms with Crippen LogP contribution >= 0.6 is 0 Å². The van der Waals surface area contributed by atoms with E-state index in [1.165, 1.54) is 12.8 Å². The second-order valence-electron chi connectivity index (χ2n) is 4.41. The zero-order chi connectivity index (χ0) is 9.90. The highest BCUT2D eigenvalue weighted by atomic mass is 16.5. The molecule has 0 bridgehead atoms. The molecular formula is C11H23NO. The van der Waals surface area contributed by atoms with E-state index in [1.807, 2.05) is 0 Å². The lowest BCUT2D eigenvalue weighted by Crippen LogP contribution is -2.60. The Morgan fingerprint density at radius 2 is 2.15 bits per heavy atom. The second kappa shape index (κ2) is 4.43. The lowest BCUT2D eigenvalue weighted by atomic mass is 9.62. The topological polar surface area (TPSA) is 35.2 Å². The molecule has 2 nitrogen and oxygen atoms in total. The van der Waals surface area contributed by atoms with Crippen molar-refractivity contribution < 1.29 is 4.74 Å². The van der Waals surface area contributed by atoms with Gasteiger partial charge in [0.1, 0.15) is 0 Å². The summed E-state index contributed by atoms with van der Waals surface area (Å²) in [7, 11) is 0. The lowest BCUT2D eigenvalue weighted by molar-refractivity contribution is -0.119. The molecule has 3 atom stereocenters. The molecule has 1 aliphatic carbocycles. The van der Waals surface area contributed by atoms with Gasteiger partial charge in [-0.15, -0.1) is 0 Å². The van der Waals surface area contributed by atoms with Crippen molar-refractivity contribution >= 4 is 0 Å². The second-order valence-corrected chi connectivity index (χ2v) is 4.41. The summed E-state index contributed by atoms with van der Waals surface area (Å²) in [6.45, 7) is 7.55. The molecule has 1 fully saturated rings. The molecule has 0 aliphatic heterocycles. The lowest BCUT2D eigenvalue weighted by Gasteiger charge is -2.51. The van der Waals surface area contributed by atoms with Gasteiger partial charge in [0.2, 0.25) is 0 Å². The van der Waals surface area contributed by atoms with Crippen LogP contribution in [-0.4, -0.2) is 18.8 Å². The Morgan fingerprint density at radius 3 is 2.62 bits per heavy atom. The number of hydrogen-bond acceptors (Lipinski definition) is 2. The molecule has 0 aromatic heterocycles. The number of hydrogen-bond donors (Lipinski definition) is 1. The standard InChI is InChI=1S/C11H23NO/c1-4-6-7-13-10-8-9(12)11(10,3)5-2/h9-10H,4-8,12H2,1-3H3. The van der Waals surface area contributed by atoms with Crippen molar-refractivity contribution in [3.8, 4) is 0 Å². The van der Waals surface area contributed by atoms with Gasteiger partial charge in [-0.3, -0.25) is 0 Å². The molecule has 0 spiro atoms. The van der Waals surface area contributed by atoms with E-state index in [4.69, 9.17) is 10.5 Å². The van der Waals surface area contributed by atoms with E-state index in [0.29, 0.717) is 12.1 Å². The van der Waals surface area contributed by atoms with E-state index in [1.54, 1.807) is 0 Å². The fourth-order valence-corrected chi connectivity index (χ4v) is 1.97. The largest absolute Gasteiger partial charge is 0.378 e. The smallest absolute Gasteiger partial charge is 0.0658 e. The normalized spacial score (nSPS) is 38.8. The van der Waals surface area contributed by atoms with Crippen LogP contribution in [0.25, 0.3) is 0 Å². The minimum Gasteiger partial charge on any atom is -0.378 e.